The van der Waals surface area contributed by atoms with Crippen molar-refractivity contribution in [1.82, 2.24) is 0 Å². The molecular formula is C35H24O5. The van der Waals surface area contributed by atoms with Crippen LogP contribution >= 0.6 is 0 Å². The smallest absolute Gasteiger partial charge is 0.326 e. The first-order chi connectivity index (χ1) is 19.7. The summed E-state index contributed by atoms with van der Waals surface area (Å²) in [6, 6.07) is 39.7. The minimum absolute atomic E-state index is 0.0857. The second-order valence-corrected chi connectivity index (χ2v) is 9.73. The average Bonchev–Trinajstić information content (AvgIpc) is 3.16. The highest BCUT2D eigenvalue weighted by Gasteiger charge is 2.38. The number of fused-ring (bicyclic) bond motifs is 7. The number of hydrogen-bond donors (Lipinski definition) is 1. The molecule has 40 heavy (non-hydrogen) atoms. The Bertz CT molecular complexity index is 1770. The van der Waals surface area contributed by atoms with Crippen molar-refractivity contribution >= 4 is 27.5 Å². The molecule has 1 unspecified atom stereocenters. The molecule has 0 spiro atoms. The Balaban J connectivity index is 1.41. The van der Waals surface area contributed by atoms with Gasteiger partial charge < -0.3 is 19.3 Å². The SMILES string of the molecule is O=C(Oc1ccc(O)cc1)C(c1ccccc1)C1Oc2ccc3ccccc3c2-c2c(ccc3ccccc23)O1. The molecule has 1 N–H and O–H groups in total. The fourth-order valence-electron chi connectivity index (χ4n) is 5.38. The lowest BCUT2D eigenvalue weighted by molar-refractivity contribution is -0.143. The topological polar surface area (TPSA) is 65.0 Å². The van der Waals surface area contributed by atoms with Crippen LogP contribution in [0.25, 0.3) is 32.7 Å². The van der Waals surface area contributed by atoms with E-state index in [2.05, 4.69) is 24.3 Å². The van der Waals surface area contributed by atoms with Crippen LogP contribution in [0, 0.1) is 0 Å². The summed E-state index contributed by atoms with van der Waals surface area (Å²) >= 11 is 0. The van der Waals surface area contributed by atoms with Crippen molar-refractivity contribution in [2.24, 2.45) is 0 Å². The Morgan fingerprint density at radius 1 is 0.625 bits per heavy atom. The van der Waals surface area contributed by atoms with Gasteiger partial charge in [-0.05, 0) is 63.5 Å². The molecular weight excluding hydrogens is 500 g/mol. The lowest BCUT2D eigenvalue weighted by Gasteiger charge is -2.26. The van der Waals surface area contributed by atoms with Crippen molar-refractivity contribution in [1.29, 1.82) is 0 Å². The Hall–Kier alpha value is -5.29. The highest BCUT2D eigenvalue weighted by Crippen LogP contribution is 2.49. The number of rotatable bonds is 4. The molecule has 1 heterocycles. The van der Waals surface area contributed by atoms with Crippen LogP contribution in [-0.4, -0.2) is 17.4 Å². The molecule has 1 aliphatic heterocycles. The summed E-state index contributed by atoms with van der Waals surface area (Å²) in [6.07, 6.45) is -1.02. The van der Waals surface area contributed by atoms with Crippen LogP contribution in [-0.2, 0) is 4.79 Å². The number of hydrogen-bond acceptors (Lipinski definition) is 5. The normalized spacial score (nSPS) is 13.4. The number of carbonyl (C=O) groups is 1. The van der Waals surface area contributed by atoms with E-state index in [1.54, 1.807) is 12.1 Å². The first-order valence-electron chi connectivity index (χ1n) is 13.1. The minimum Gasteiger partial charge on any atom is -0.508 e. The summed E-state index contributed by atoms with van der Waals surface area (Å²) in [4.78, 5) is 13.8. The highest BCUT2D eigenvalue weighted by molar-refractivity contribution is 6.10. The second-order valence-electron chi connectivity index (χ2n) is 9.73. The van der Waals surface area contributed by atoms with E-state index in [9.17, 15) is 9.90 Å². The van der Waals surface area contributed by atoms with Crippen LogP contribution in [0.4, 0.5) is 0 Å². The maximum Gasteiger partial charge on any atom is 0.326 e. The van der Waals surface area contributed by atoms with Gasteiger partial charge in [-0.3, -0.25) is 4.79 Å². The molecule has 7 rings (SSSR count). The van der Waals surface area contributed by atoms with Gasteiger partial charge in [0.1, 0.15) is 23.0 Å². The number of carbonyl (C=O) groups excluding carboxylic acids is 1. The van der Waals surface area contributed by atoms with Crippen LogP contribution in [0.1, 0.15) is 11.5 Å². The zero-order chi connectivity index (χ0) is 27.1. The van der Waals surface area contributed by atoms with Crippen molar-refractivity contribution in [2.45, 2.75) is 12.2 Å². The zero-order valence-corrected chi connectivity index (χ0v) is 21.4. The highest BCUT2D eigenvalue weighted by atomic mass is 16.7. The molecule has 1 atom stereocenters. The number of aromatic hydroxyl groups is 1. The summed E-state index contributed by atoms with van der Waals surface area (Å²) in [7, 11) is 0. The van der Waals surface area contributed by atoms with Gasteiger partial charge in [-0.2, -0.15) is 0 Å². The van der Waals surface area contributed by atoms with Gasteiger partial charge in [-0.15, -0.1) is 0 Å². The molecule has 5 nitrogen and oxygen atoms in total. The van der Waals surface area contributed by atoms with Crippen molar-refractivity contribution in [3.8, 4) is 34.1 Å². The molecule has 194 valence electrons. The monoisotopic (exact) mass is 524 g/mol. The lowest BCUT2D eigenvalue weighted by Crippen LogP contribution is -2.37. The van der Waals surface area contributed by atoms with E-state index in [4.69, 9.17) is 14.2 Å². The van der Waals surface area contributed by atoms with Gasteiger partial charge in [0.05, 0.1) is 0 Å². The van der Waals surface area contributed by atoms with Crippen molar-refractivity contribution in [3.05, 3.63) is 133 Å². The van der Waals surface area contributed by atoms with E-state index < -0.39 is 18.2 Å². The molecule has 1 aliphatic rings. The van der Waals surface area contributed by atoms with Gasteiger partial charge in [0, 0.05) is 11.1 Å². The van der Waals surface area contributed by atoms with Gasteiger partial charge in [-0.25, -0.2) is 0 Å². The summed E-state index contributed by atoms with van der Waals surface area (Å²) in [5.74, 6) is 0.201. The van der Waals surface area contributed by atoms with Crippen LogP contribution in [0.15, 0.2) is 127 Å². The van der Waals surface area contributed by atoms with E-state index in [0.717, 1.165) is 32.7 Å². The van der Waals surface area contributed by atoms with E-state index in [0.29, 0.717) is 22.8 Å². The second kappa shape index (κ2) is 9.79. The quantitative estimate of drug-likeness (QED) is 0.188. The van der Waals surface area contributed by atoms with Gasteiger partial charge in [0.2, 0.25) is 0 Å². The molecule has 0 bridgehead atoms. The lowest BCUT2D eigenvalue weighted by atomic mass is 9.92. The fourth-order valence-corrected chi connectivity index (χ4v) is 5.38. The molecule has 6 aromatic rings. The number of esters is 1. The Kier molecular flexibility index (Phi) is 5.82. The summed E-state index contributed by atoms with van der Waals surface area (Å²) in [5.41, 5.74) is 2.54. The predicted octanol–water partition coefficient (Wildman–Crippen LogP) is 7.85. The average molecular weight is 525 g/mol. The molecule has 5 heteroatoms. The van der Waals surface area contributed by atoms with Crippen LogP contribution < -0.4 is 14.2 Å². The first-order valence-corrected chi connectivity index (χ1v) is 13.1. The number of benzene rings is 6. The first kappa shape index (κ1) is 23.8. The molecule has 6 aromatic carbocycles. The van der Waals surface area contributed by atoms with E-state index in [-0.39, 0.29) is 5.75 Å². The van der Waals surface area contributed by atoms with E-state index in [1.165, 1.54) is 12.1 Å². The van der Waals surface area contributed by atoms with Crippen LogP contribution in [0.3, 0.4) is 0 Å². The Morgan fingerprint density at radius 3 is 1.73 bits per heavy atom. The zero-order valence-electron chi connectivity index (χ0n) is 21.4. The van der Waals surface area contributed by atoms with Crippen molar-refractivity contribution in [2.75, 3.05) is 0 Å². The standard InChI is InChI=1S/C35H24O5/c36-25-16-18-26(19-17-25)38-34(37)31(24-10-2-1-3-11-24)35-39-29-20-14-22-8-4-6-12-27(22)32(29)33-28-13-7-5-9-23(28)15-21-30(33)40-35/h1-21,31,35-36H. The van der Waals surface area contributed by atoms with Gasteiger partial charge in [-0.1, -0.05) is 91.0 Å². The largest absolute Gasteiger partial charge is 0.508 e. The van der Waals surface area contributed by atoms with Crippen molar-refractivity contribution < 1.29 is 24.1 Å². The third kappa shape index (κ3) is 4.18. The number of phenolic OH excluding ortho intramolecular Hbond substituents is 1. The van der Waals surface area contributed by atoms with Crippen molar-refractivity contribution in [3.63, 3.8) is 0 Å². The molecule has 0 saturated heterocycles. The Morgan fingerprint density at radius 2 is 1.15 bits per heavy atom. The molecule has 0 radical (unpaired) electrons. The summed E-state index contributed by atoms with van der Waals surface area (Å²) in [6.45, 7) is 0. The van der Waals surface area contributed by atoms with Crippen LogP contribution in [0.2, 0.25) is 0 Å². The van der Waals surface area contributed by atoms with E-state index in [1.807, 2.05) is 78.9 Å². The molecule has 0 aromatic heterocycles. The minimum atomic E-state index is -1.02. The molecule has 0 saturated carbocycles. The fraction of sp³-hybridized carbons (Fsp3) is 0.0571. The van der Waals surface area contributed by atoms with Gasteiger partial charge >= 0.3 is 5.97 Å². The van der Waals surface area contributed by atoms with Gasteiger partial charge in [0.25, 0.3) is 6.29 Å². The summed E-state index contributed by atoms with van der Waals surface area (Å²) in [5, 5.41) is 13.9. The Labute approximate surface area is 230 Å². The summed E-state index contributed by atoms with van der Waals surface area (Å²) < 4.78 is 19.0. The predicted molar refractivity (Wildman–Crippen MR) is 155 cm³/mol. The van der Waals surface area contributed by atoms with Crippen LogP contribution in [0.5, 0.6) is 23.0 Å². The van der Waals surface area contributed by atoms with E-state index >= 15 is 0 Å². The molecule has 0 fully saturated rings. The molecule has 0 aliphatic carbocycles. The third-order valence-corrected chi connectivity index (χ3v) is 7.26. The van der Waals surface area contributed by atoms with Gasteiger partial charge in [0.15, 0.2) is 5.92 Å². The number of phenols is 1. The molecule has 0 amide bonds. The maximum atomic E-state index is 13.8. The number of ether oxygens (including phenoxy) is 3. The maximum absolute atomic E-state index is 13.8. The third-order valence-electron chi connectivity index (χ3n) is 7.26.